The second-order valence-corrected chi connectivity index (χ2v) is 7.94. The average Bonchev–Trinajstić information content (AvgIpc) is 2.74. The smallest absolute Gasteiger partial charge is 0.129 e. The number of methoxy groups -OCH3 is 1. The molecule has 1 fully saturated rings. The summed E-state index contributed by atoms with van der Waals surface area (Å²) < 4.78 is 33.7. The van der Waals surface area contributed by atoms with Crippen LogP contribution in [0.1, 0.15) is 36.0 Å². The maximum atomic E-state index is 14.7. The van der Waals surface area contributed by atoms with Crippen LogP contribution in [0, 0.1) is 29.4 Å². The van der Waals surface area contributed by atoms with Crippen LogP contribution in [-0.4, -0.2) is 30.5 Å². The van der Waals surface area contributed by atoms with Gasteiger partial charge in [0.25, 0.3) is 0 Å². The van der Waals surface area contributed by atoms with Gasteiger partial charge < -0.3 is 14.9 Å². The van der Waals surface area contributed by atoms with E-state index in [0.717, 1.165) is 36.6 Å². The maximum absolute atomic E-state index is 14.7. The SMILES string of the molecule is COc1ccc(/C=C/c2cc(F)cc(F)c2C[C@H]2CC(CO)C[C@@H](CO)C2)cc1. The summed E-state index contributed by atoms with van der Waals surface area (Å²) in [7, 11) is 1.60. The Morgan fingerprint density at radius 3 is 2.14 bits per heavy atom. The monoisotopic (exact) mass is 402 g/mol. The number of aliphatic hydroxyl groups is 2. The lowest BCUT2D eigenvalue weighted by Gasteiger charge is -2.33. The molecule has 0 bridgehead atoms. The molecule has 1 saturated carbocycles. The lowest BCUT2D eigenvalue weighted by molar-refractivity contribution is 0.0900. The van der Waals surface area contributed by atoms with Crippen molar-refractivity contribution in [3.05, 3.63) is 64.7 Å². The van der Waals surface area contributed by atoms with Gasteiger partial charge in [0.2, 0.25) is 0 Å². The highest BCUT2D eigenvalue weighted by Gasteiger charge is 2.29. The van der Waals surface area contributed by atoms with Crippen LogP contribution in [0.3, 0.4) is 0 Å². The Hall–Kier alpha value is -2.24. The molecule has 1 unspecified atom stereocenters. The summed E-state index contributed by atoms with van der Waals surface area (Å²) in [4.78, 5) is 0. The molecule has 0 aliphatic heterocycles. The van der Waals surface area contributed by atoms with Gasteiger partial charge in [-0.3, -0.25) is 0 Å². The van der Waals surface area contributed by atoms with Gasteiger partial charge in [-0.25, -0.2) is 8.78 Å². The highest BCUT2D eigenvalue weighted by molar-refractivity contribution is 5.71. The van der Waals surface area contributed by atoms with E-state index in [1.807, 2.05) is 30.3 Å². The van der Waals surface area contributed by atoms with Gasteiger partial charge in [-0.05, 0) is 78.3 Å². The Kier molecular flexibility index (Phi) is 7.40. The molecule has 2 N–H and O–H groups in total. The van der Waals surface area contributed by atoms with Crippen molar-refractivity contribution >= 4 is 12.2 Å². The van der Waals surface area contributed by atoms with Crippen LogP contribution in [0.5, 0.6) is 5.75 Å². The molecule has 0 radical (unpaired) electrons. The maximum Gasteiger partial charge on any atom is 0.129 e. The lowest BCUT2D eigenvalue weighted by atomic mass is 9.73. The summed E-state index contributed by atoms with van der Waals surface area (Å²) in [6, 6.07) is 9.70. The van der Waals surface area contributed by atoms with Crippen LogP contribution in [0.15, 0.2) is 36.4 Å². The number of hydrogen-bond acceptors (Lipinski definition) is 3. The summed E-state index contributed by atoms with van der Waals surface area (Å²) in [5.74, 6) is -0.0304. The van der Waals surface area contributed by atoms with Gasteiger partial charge in [0.05, 0.1) is 7.11 Å². The zero-order valence-corrected chi connectivity index (χ0v) is 16.7. The van der Waals surface area contributed by atoms with E-state index in [4.69, 9.17) is 4.74 Å². The minimum absolute atomic E-state index is 0.0725. The third-order valence-electron chi connectivity index (χ3n) is 5.78. The third-order valence-corrected chi connectivity index (χ3v) is 5.78. The molecule has 5 heteroatoms. The minimum atomic E-state index is -0.606. The van der Waals surface area contributed by atoms with Crippen LogP contribution in [0.2, 0.25) is 0 Å². The first-order valence-corrected chi connectivity index (χ1v) is 10.0. The molecule has 1 aliphatic carbocycles. The lowest BCUT2D eigenvalue weighted by Crippen LogP contribution is -2.28. The van der Waals surface area contributed by atoms with Crippen LogP contribution >= 0.6 is 0 Å². The fourth-order valence-electron chi connectivity index (χ4n) is 4.34. The van der Waals surface area contributed by atoms with E-state index in [2.05, 4.69) is 0 Å². The number of rotatable bonds is 7. The Labute approximate surface area is 170 Å². The van der Waals surface area contributed by atoms with Crippen LogP contribution in [-0.2, 0) is 6.42 Å². The van der Waals surface area contributed by atoms with Crippen molar-refractivity contribution in [3.8, 4) is 5.75 Å². The second kappa shape index (κ2) is 9.99. The zero-order valence-electron chi connectivity index (χ0n) is 16.7. The van der Waals surface area contributed by atoms with Gasteiger partial charge in [0.15, 0.2) is 0 Å². The predicted octanol–water partition coefficient (Wildman–Crippen LogP) is 4.70. The second-order valence-electron chi connectivity index (χ2n) is 7.94. The van der Waals surface area contributed by atoms with E-state index < -0.39 is 11.6 Å². The molecule has 0 amide bonds. The topological polar surface area (TPSA) is 49.7 Å². The molecular formula is C24H28F2O3. The van der Waals surface area contributed by atoms with Crippen molar-refractivity contribution in [3.63, 3.8) is 0 Å². The number of ether oxygens (including phenoxy) is 1. The van der Waals surface area contributed by atoms with Crippen molar-refractivity contribution in [2.24, 2.45) is 17.8 Å². The predicted molar refractivity (Wildman–Crippen MR) is 110 cm³/mol. The average molecular weight is 402 g/mol. The summed E-state index contributed by atoms with van der Waals surface area (Å²) in [6.45, 7) is 0.145. The molecule has 0 heterocycles. The zero-order chi connectivity index (χ0) is 20.8. The van der Waals surface area contributed by atoms with E-state index in [1.54, 1.807) is 13.2 Å². The molecule has 3 rings (SSSR count). The minimum Gasteiger partial charge on any atom is -0.497 e. The van der Waals surface area contributed by atoms with Crippen LogP contribution in [0.4, 0.5) is 8.78 Å². The molecule has 3 nitrogen and oxygen atoms in total. The summed E-state index contributed by atoms with van der Waals surface area (Å²) >= 11 is 0. The molecule has 2 aromatic carbocycles. The van der Waals surface area contributed by atoms with Crippen molar-refractivity contribution in [2.75, 3.05) is 20.3 Å². The molecule has 0 saturated heterocycles. The molecule has 0 aromatic heterocycles. The van der Waals surface area contributed by atoms with E-state index in [0.29, 0.717) is 17.5 Å². The molecule has 29 heavy (non-hydrogen) atoms. The Morgan fingerprint density at radius 1 is 0.931 bits per heavy atom. The fourth-order valence-corrected chi connectivity index (χ4v) is 4.34. The van der Waals surface area contributed by atoms with E-state index >= 15 is 0 Å². The summed E-state index contributed by atoms with van der Waals surface area (Å²) in [5.41, 5.74) is 1.90. The van der Waals surface area contributed by atoms with Crippen LogP contribution in [0.25, 0.3) is 12.2 Å². The molecule has 3 atom stereocenters. The Balaban J connectivity index is 1.83. The van der Waals surface area contributed by atoms with Gasteiger partial charge in [0, 0.05) is 19.3 Å². The van der Waals surface area contributed by atoms with Gasteiger partial charge >= 0.3 is 0 Å². The van der Waals surface area contributed by atoms with Gasteiger partial charge in [-0.2, -0.15) is 0 Å². The van der Waals surface area contributed by atoms with Crippen molar-refractivity contribution in [1.82, 2.24) is 0 Å². The molecule has 0 spiro atoms. The third kappa shape index (κ3) is 5.64. The number of benzene rings is 2. The van der Waals surface area contributed by atoms with E-state index in [1.165, 1.54) is 6.07 Å². The molecule has 156 valence electrons. The number of halogens is 2. The largest absolute Gasteiger partial charge is 0.497 e. The quantitative estimate of drug-likeness (QED) is 0.660. The van der Waals surface area contributed by atoms with Crippen molar-refractivity contribution in [2.45, 2.75) is 25.7 Å². The first-order valence-electron chi connectivity index (χ1n) is 10.0. The van der Waals surface area contributed by atoms with E-state index in [9.17, 15) is 19.0 Å². The molecule has 2 aromatic rings. The Morgan fingerprint density at radius 2 is 1.55 bits per heavy atom. The highest BCUT2D eigenvalue weighted by atomic mass is 19.1. The summed E-state index contributed by atoms with van der Waals surface area (Å²) in [5, 5.41) is 19.1. The first kappa shape index (κ1) is 21.5. The fraction of sp³-hybridized carbons (Fsp3) is 0.417. The van der Waals surface area contributed by atoms with E-state index in [-0.39, 0.29) is 31.0 Å². The van der Waals surface area contributed by atoms with Crippen molar-refractivity contribution in [1.29, 1.82) is 0 Å². The molecular weight excluding hydrogens is 374 g/mol. The van der Waals surface area contributed by atoms with Crippen LogP contribution < -0.4 is 4.74 Å². The highest BCUT2D eigenvalue weighted by Crippen LogP contribution is 2.36. The van der Waals surface area contributed by atoms with Crippen molar-refractivity contribution < 1.29 is 23.7 Å². The molecule has 1 aliphatic rings. The number of hydrogen-bond donors (Lipinski definition) is 2. The first-order chi connectivity index (χ1) is 14.0. The number of aliphatic hydroxyl groups excluding tert-OH is 2. The van der Waals surface area contributed by atoms with Gasteiger partial charge in [-0.1, -0.05) is 24.3 Å². The van der Waals surface area contributed by atoms with Gasteiger partial charge in [-0.15, -0.1) is 0 Å². The standard InChI is InChI=1S/C24H28F2O3/c1-29-22-6-3-16(4-7-22)2-5-20-12-21(25)13-24(26)23(20)11-17-8-18(14-27)10-19(9-17)15-28/h2-7,12-13,17-19,27-28H,8-11,14-15H2,1H3/b5-2+/t17-,18+,19?/m1/s1. The van der Waals surface area contributed by atoms with Gasteiger partial charge in [0.1, 0.15) is 17.4 Å². The normalized spacial score (nSPS) is 22.2. The Bertz CT molecular complexity index is 821. The summed E-state index contributed by atoms with van der Waals surface area (Å²) in [6.07, 6.45) is 6.38.